The molecule has 4 N–H and O–H groups in total. The van der Waals surface area contributed by atoms with Crippen molar-refractivity contribution in [2.24, 2.45) is 5.10 Å². The van der Waals surface area contributed by atoms with Gasteiger partial charge in [0.15, 0.2) is 0 Å². The smallest absolute Gasteiger partial charge is 0.327 e. The molecule has 3 aromatic rings. The maximum atomic E-state index is 13.4. The predicted octanol–water partition coefficient (Wildman–Crippen LogP) is 2.56. The molecule has 11 nitrogen and oxygen atoms in total. The van der Waals surface area contributed by atoms with Gasteiger partial charge in [0.1, 0.15) is 29.7 Å². The molecule has 0 bridgehead atoms. The Labute approximate surface area is 251 Å². The molecule has 4 amide bonds. The predicted molar refractivity (Wildman–Crippen MR) is 161 cm³/mol. The topological polar surface area (TPSA) is 157 Å². The van der Waals surface area contributed by atoms with Gasteiger partial charge < -0.3 is 20.6 Å². The van der Waals surface area contributed by atoms with Crippen LogP contribution in [0.2, 0.25) is 0 Å². The van der Waals surface area contributed by atoms with E-state index in [9.17, 15) is 29.1 Å². The largest absolute Gasteiger partial charge is 0.480 e. The van der Waals surface area contributed by atoms with E-state index in [-0.39, 0.29) is 0 Å². The first-order valence-electron chi connectivity index (χ1n) is 13.4. The summed E-state index contributed by atoms with van der Waals surface area (Å²) in [7, 11) is 0. The second-order valence-electron chi connectivity index (χ2n) is 10.6. The number of rotatable bonds is 9. The number of carboxylic acids is 1. The van der Waals surface area contributed by atoms with Gasteiger partial charge in [0.25, 0.3) is 11.8 Å². The van der Waals surface area contributed by atoms with Crippen molar-refractivity contribution in [2.75, 3.05) is 0 Å². The molecule has 2 heterocycles. The van der Waals surface area contributed by atoms with Gasteiger partial charge in [-0.05, 0) is 42.7 Å². The number of hydrogen-bond donors (Lipinski definition) is 4. The lowest BCUT2D eigenvalue weighted by Gasteiger charge is -2.44. The van der Waals surface area contributed by atoms with E-state index in [0.29, 0.717) is 11.1 Å². The summed E-state index contributed by atoms with van der Waals surface area (Å²) in [6, 6.07) is 21.9. The molecule has 4 atom stereocenters. The zero-order valence-corrected chi connectivity index (χ0v) is 24.1. The zero-order valence-electron chi connectivity index (χ0n) is 23.3. The zero-order chi connectivity index (χ0) is 30.7. The van der Waals surface area contributed by atoms with Crippen molar-refractivity contribution >= 4 is 47.6 Å². The molecule has 1 unspecified atom stereocenters. The van der Waals surface area contributed by atoms with Gasteiger partial charge >= 0.3 is 5.97 Å². The summed E-state index contributed by atoms with van der Waals surface area (Å²) in [6.07, 6.45) is 0.850. The molecule has 0 radical (unpaired) electrons. The number of thioether (sulfide) groups is 1. The van der Waals surface area contributed by atoms with E-state index in [2.05, 4.69) is 21.2 Å². The van der Waals surface area contributed by atoms with Crippen molar-refractivity contribution in [1.82, 2.24) is 21.0 Å². The summed E-state index contributed by atoms with van der Waals surface area (Å²) >= 11 is 1.30. The molecule has 2 saturated heterocycles. The van der Waals surface area contributed by atoms with Crippen LogP contribution in [0, 0.1) is 0 Å². The Morgan fingerprint density at radius 3 is 2.16 bits per heavy atom. The second kappa shape index (κ2) is 12.1. The van der Waals surface area contributed by atoms with Crippen molar-refractivity contribution < 1.29 is 29.1 Å². The number of carbonyl (C=O) groups is 5. The number of hydrazone groups is 1. The molecule has 0 aromatic heterocycles. The number of benzene rings is 3. The van der Waals surface area contributed by atoms with Crippen molar-refractivity contribution in [3.63, 3.8) is 0 Å². The summed E-state index contributed by atoms with van der Waals surface area (Å²) in [6.45, 7) is 3.48. The molecule has 5 rings (SSSR count). The summed E-state index contributed by atoms with van der Waals surface area (Å²) in [5.74, 6) is -3.53. The number of carboxylic acid groups (broad SMARTS) is 1. The molecule has 220 valence electrons. The Bertz CT molecular complexity index is 1580. The number of nitrogens with zero attached hydrogens (tertiary/aromatic N) is 2. The van der Waals surface area contributed by atoms with Crippen LogP contribution in [0.15, 0.2) is 90.0 Å². The van der Waals surface area contributed by atoms with Crippen molar-refractivity contribution in [1.29, 1.82) is 0 Å². The van der Waals surface area contributed by atoms with Gasteiger partial charge in [0, 0.05) is 10.3 Å². The van der Waals surface area contributed by atoms with Crippen LogP contribution in [0.5, 0.6) is 0 Å². The van der Waals surface area contributed by atoms with Gasteiger partial charge in [0.05, 0.1) is 0 Å². The molecule has 12 heteroatoms. The monoisotopic (exact) mass is 599 g/mol. The van der Waals surface area contributed by atoms with Crippen LogP contribution < -0.4 is 16.1 Å². The summed E-state index contributed by atoms with van der Waals surface area (Å²) < 4.78 is -0.747. The van der Waals surface area contributed by atoms with Gasteiger partial charge in [-0.2, -0.15) is 5.10 Å². The minimum atomic E-state index is -1.18. The maximum absolute atomic E-state index is 13.4. The molecule has 3 aromatic carbocycles. The van der Waals surface area contributed by atoms with Gasteiger partial charge in [-0.15, -0.1) is 11.8 Å². The Kier molecular flexibility index (Phi) is 8.31. The maximum Gasteiger partial charge on any atom is 0.327 e. The van der Waals surface area contributed by atoms with E-state index in [1.54, 1.807) is 56.3 Å². The van der Waals surface area contributed by atoms with Crippen LogP contribution in [0.1, 0.15) is 35.8 Å². The number of amides is 4. The third-order valence-corrected chi connectivity index (χ3v) is 8.83. The van der Waals surface area contributed by atoms with Crippen LogP contribution in [-0.4, -0.2) is 68.0 Å². The molecule has 0 saturated carbocycles. The van der Waals surface area contributed by atoms with Gasteiger partial charge in [-0.3, -0.25) is 19.2 Å². The van der Waals surface area contributed by atoms with E-state index in [4.69, 9.17) is 0 Å². The first-order valence-corrected chi connectivity index (χ1v) is 14.3. The van der Waals surface area contributed by atoms with E-state index in [1.165, 1.54) is 16.7 Å². The lowest BCUT2D eigenvalue weighted by atomic mass is 9.95. The quantitative estimate of drug-likeness (QED) is 0.167. The number of nitrogens with one attached hydrogen (secondary N) is 3. The average molecular weight is 600 g/mol. The molecule has 2 fully saturated rings. The lowest BCUT2D eigenvalue weighted by molar-refractivity contribution is -0.161. The van der Waals surface area contributed by atoms with Gasteiger partial charge in [0.2, 0.25) is 11.8 Å². The molecule has 0 aliphatic carbocycles. The fraction of sp³-hybridized carbons (Fsp3) is 0.226. The summed E-state index contributed by atoms with van der Waals surface area (Å²) in [5.41, 5.74) is 5.05. The van der Waals surface area contributed by atoms with E-state index < -0.39 is 57.8 Å². The van der Waals surface area contributed by atoms with Crippen molar-refractivity contribution in [2.45, 2.75) is 42.1 Å². The number of hydrogen-bond acceptors (Lipinski definition) is 7. The molecule has 2 aliphatic heterocycles. The highest BCUT2D eigenvalue weighted by atomic mass is 32.2. The van der Waals surface area contributed by atoms with E-state index >= 15 is 0 Å². The van der Waals surface area contributed by atoms with Crippen LogP contribution >= 0.6 is 11.8 Å². The highest BCUT2D eigenvalue weighted by Crippen LogP contribution is 2.50. The van der Waals surface area contributed by atoms with Gasteiger partial charge in [-0.25, -0.2) is 10.2 Å². The summed E-state index contributed by atoms with van der Waals surface area (Å²) in [4.78, 5) is 64.5. The minimum Gasteiger partial charge on any atom is -0.480 e. The van der Waals surface area contributed by atoms with Crippen LogP contribution in [0.3, 0.4) is 0 Å². The second-order valence-corrected chi connectivity index (χ2v) is 12.4. The molecule has 43 heavy (non-hydrogen) atoms. The Morgan fingerprint density at radius 2 is 1.53 bits per heavy atom. The minimum absolute atomic E-state index is 0.344. The SMILES string of the molecule is CC1(C)S[C@@H]2[C@H](NC(=O)C(NC(=O)/C=N/NC(=O)c3ccc(-c4ccccc4)cc3)c3ccccc3)C(=O)N2[C@H]1C(=O)O. The fourth-order valence-corrected chi connectivity index (χ4v) is 6.79. The highest BCUT2D eigenvalue weighted by Gasteiger charge is 2.64. The summed E-state index contributed by atoms with van der Waals surface area (Å²) in [5, 5.41) is 18.1. The number of carbonyl (C=O) groups excluding carboxylic acids is 4. The van der Waals surface area contributed by atoms with Gasteiger partial charge in [-0.1, -0.05) is 72.8 Å². The molecule has 0 spiro atoms. The number of aliphatic carboxylic acids is 1. The first-order chi connectivity index (χ1) is 20.6. The van der Waals surface area contributed by atoms with Crippen LogP contribution in [0.4, 0.5) is 0 Å². The number of fused-ring (bicyclic) bond motifs is 1. The third kappa shape index (κ3) is 6.14. The fourth-order valence-electron chi connectivity index (χ4n) is 5.17. The first kappa shape index (κ1) is 29.5. The normalized spacial score (nSPS) is 20.9. The van der Waals surface area contributed by atoms with Crippen molar-refractivity contribution in [3.05, 3.63) is 96.1 Å². The number of β-lactam (4-membered cyclic amide) rings is 1. The van der Waals surface area contributed by atoms with E-state index in [1.807, 2.05) is 42.5 Å². The Balaban J connectivity index is 1.21. The Hall–Kier alpha value is -4.97. The Morgan fingerprint density at radius 1 is 0.930 bits per heavy atom. The highest BCUT2D eigenvalue weighted by molar-refractivity contribution is 8.01. The molecule has 2 aliphatic rings. The van der Waals surface area contributed by atoms with E-state index in [0.717, 1.165) is 17.3 Å². The lowest BCUT2D eigenvalue weighted by Crippen LogP contribution is -2.71. The van der Waals surface area contributed by atoms with Crippen molar-refractivity contribution in [3.8, 4) is 11.1 Å². The molecular weight excluding hydrogens is 570 g/mol. The third-order valence-electron chi connectivity index (χ3n) is 7.26. The molecular formula is C31H29N5O6S. The van der Waals surface area contributed by atoms with Crippen LogP contribution in [-0.2, 0) is 19.2 Å². The standard InChI is InChI=1S/C31H29N5O6S/c1-31(2)25(30(41)42)36-28(40)24(29(36)43-31)34-27(39)23(20-11-7-4-8-12-20)33-22(37)17-32-35-26(38)21-15-13-19(14-16-21)18-9-5-3-6-10-18/h3-17,23-25,29H,1-2H3,(H,33,37)(H,34,39)(H,35,38)(H,41,42)/b32-17+/t23?,24-,25+,29-/m1/s1. The van der Waals surface area contributed by atoms with Crippen LogP contribution in [0.25, 0.3) is 11.1 Å². The average Bonchev–Trinajstić information content (AvgIpc) is 3.27.